The van der Waals surface area contributed by atoms with Gasteiger partial charge in [0.2, 0.25) is 5.91 Å². The first kappa shape index (κ1) is 14.1. The second kappa shape index (κ2) is 7.38. The van der Waals surface area contributed by atoms with Crippen molar-refractivity contribution in [3.63, 3.8) is 0 Å². The lowest BCUT2D eigenvalue weighted by Crippen LogP contribution is -2.23. The fourth-order valence-electron chi connectivity index (χ4n) is 1.07. The van der Waals surface area contributed by atoms with Crippen LogP contribution in [0.25, 0.3) is 0 Å². The van der Waals surface area contributed by atoms with Crippen molar-refractivity contribution in [2.45, 2.75) is 5.75 Å². The number of thioether (sulfide) groups is 1. The Morgan fingerprint density at radius 2 is 2.35 bits per heavy atom. The van der Waals surface area contributed by atoms with Crippen LogP contribution in [0.2, 0.25) is 0 Å². The van der Waals surface area contributed by atoms with Gasteiger partial charge in [-0.2, -0.15) is 0 Å². The van der Waals surface area contributed by atoms with E-state index in [4.69, 9.17) is 5.73 Å². The van der Waals surface area contributed by atoms with E-state index in [1.807, 2.05) is 11.4 Å². The molecule has 3 nitrogen and oxygen atoms in total. The molecule has 0 aliphatic rings. The average molecular weight is 268 g/mol. The van der Waals surface area contributed by atoms with Crippen LogP contribution < -0.4 is 5.73 Å². The number of thiophene rings is 1. The summed E-state index contributed by atoms with van der Waals surface area (Å²) in [7, 11) is 3.54. The lowest BCUT2D eigenvalue weighted by atomic mass is 10.3. The van der Waals surface area contributed by atoms with Crippen LogP contribution in [-0.2, 0) is 10.5 Å². The molecule has 0 fully saturated rings. The van der Waals surface area contributed by atoms with Crippen LogP contribution in [0, 0.1) is 11.8 Å². The second-order valence-electron chi connectivity index (χ2n) is 3.54. The highest BCUT2D eigenvalue weighted by Gasteiger charge is 2.06. The third kappa shape index (κ3) is 4.82. The van der Waals surface area contributed by atoms with Crippen molar-refractivity contribution in [2.75, 3.05) is 26.4 Å². The van der Waals surface area contributed by atoms with Gasteiger partial charge >= 0.3 is 0 Å². The zero-order valence-corrected chi connectivity index (χ0v) is 11.7. The van der Waals surface area contributed by atoms with Gasteiger partial charge in [0.1, 0.15) is 0 Å². The maximum Gasteiger partial charge on any atom is 0.232 e. The average Bonchev–Trinajstić information content (AvgIpc) is 2.73. The molecule has 1 amide bonds. The Hall–Kier alpha value is -0.960. The molecule has 1 heterocycles. The number of nitrogens with zero attached hydrogens (tertiary/aromatic N) is 1. The van der Waals surface area contributed by atoms with Crippen LogP contribution in [0.5, 0.6) is 0 Å². The van der Waals surface area contributed by atoms with E-state index in [9.17, 15) is 4.79 Å². The molecule has 1 rings (SSSR count). The van der Waals surface area contributed by atoms with Gasteiger partial charge in [0.15, 0.2) is 0 Å². The molecular formula is C12H16N2OS2. The monoisotopic (exact) mass is 268 g/mol. The molecule has 1 aromatic heterocycles. The highest BCUT2D eigenvalue weighted by atomic mass is 32.2. The number of hydrogen-bond acceptors (Lipinski definition) is 4. The van der Waals surface area contributed by atoms with Gasteiger partial charge in [-0.3, -0.25) is 4.79 Å². The third-order valence-corrected chi connectivity index (χ3v) is 4.08. The van der Waals surface area contributed by atoms with Crippen LogP contribution >= 0.6 is 23.1 Å². The molecule has 0 radical (unpaired) electrons. The van der Waals surface area contributed by atoms with E-state index in [1.54, 1.807) is 42.1 Å². The number of carbonyl (C=O) groups excluding carboxylic acids is 1. The Morgan fingerprint density at radius 1 is 1.59 bits per heavy atom. The largest absolute Gasteiger partial charge is 0.348 e. The summed E-state index contributed by atoms with van der Waals surface area (Å²) in [5.74, 6) is 7.36. The quantitative estimate of drug-likeness (QED) is 0.839. The Labute approximate surface area is 110 Å². The van der Waals surface area contributed by atoms with Crippen LogP contribution in [0.3, 0.4) is 0 Å². The number of rotatable bonds is 4. The summed E-state index contributed by atoms with van der Waals surface area (Å²) in [4.78, 5) is 14.2. The zero-order valence-electron chi connectivity index (χ0n) is 10.0. The molecule has 5 heteroatoms. The summed E-state index contributed by atoms with van der Waals surface area (Å²) < 4.78 is 0. The van der Waals surface area contributed by atoms with Crippen molar-refractivity contribution in [1.82, 2.24) is 4.90 Å². The van der Waals surface area contributed by atoms with Gasteiger partial charge in [0.05, 0.1) is 12.3 Å². The molecule has 0 aliphatic carbocycles. The fraction of sp³-hybridized carbons (Fsp3) is 0.417. The molecular weight excluding hydrogens is 252 g/mol. The van der Waals surface area contributed by atoms with Crippen LogP contribution in [0.4, 0.5) is 0 Å². The van der Waals surface area contributed by atoms with Crippen molar-refractivity contribution < 1.29 is 4.79 Å². The zero-order chi connectivity index (χ0) is 12.7. The van der Waals surface area contributed by atoms with E-state index in [1.165, 1.54) is 4.88 Å². The third-order valence-electron chi connectivity index (χ3n) is 2.03. The molecule has 92 valence electrons. The maximum absolute atomic E-state index is 11.4. The first-order valence-electron chi connectivity index (χ1n) is 5.18. The van der Waals surface area contributed by atoms with Gasteiger partial charge in [-0.05, 0) is 11.4 Å². The van der Waals surface area contributed by atoms with Gasteiger partial charge in [-0.15, -0.1) is 23.1 Å². The van der Waals surface area contributed by atoms with Crippen LogP contribution in [-0.4, -0.2) is 37.2 Å². The summed E-state index contributed by atoms with van der Waals surface area (Å²) in [6.07, 6.45) is 0. The normalized spacial score (nSPS) is 9.59. The van der Waals surface area contributed by atoms with E-state index < -0.39 is 0 Å². The van der Waals surface area contributed by atoms with E-state index in [0.29, 0.717) is 12.3 Å². The molecule has 0 atom stereocenters. The summed E-state index contributed by atoms with van der Waals surface area (Å²) >= 11 is 3.29. The lowest BCUT2D eigenvalue weighted by Gasteiger charge is -2.09. The molecule has 0 aliphatic heterocycles. The van der Waals surface area contributed by atoms with Crippen molar-refractivity contribution in [2.24, 2.45) is 5.73 Å². The molecule has 1 aromatic rings. The SMILES string of the molecule is CN(C)C(=O)CSCc1sccc1C#CCN. The molecule has 2 N–H and O–H groups in total. The molecule has 0 saturated heterocycles. The highest BCUT2D eigenvalue weighted by molar-refractivity contribution is 7.99. The number of nitrogens with two attached hydrogens (primary N) is 1. The topological polar surface area (TPSA) is 46.3 Å². The highest BCUT2D eigenvalue weighted by Crippen LogP contribution is 2.21. The minimum atomic E-state index is 0.140. The number of hydrogen-bond donors (Lipinski definition) is 1. The maximum atomic E-state index is 11.4. The summed E-state index contributed by atoms with van der Waals surface area (Å²) in [5, 5.41) is 2.02. The van der Waals surface area contributed by atoms with Crippen molar-refractivity contribution in [3.8, 4) is 11.8 Å². The first-order valence-corrected chi connectivity index (χ1v) is 7.21. The predicted octanol–water partition coefficient (Wildman–Crippen LogP) is 1.38. The van der Waals surface area contributed by atoms with Gasteiger partial charge in [-0.1, -0.05) is 11.8 Å². The van der Waals surface area contributed by atoms with Crippen LogP contribution in [0.1, 0.15) is 10.4 Å². The molecule has 0 unspecified atom stereocenters. The molecule has 0 bridgehead atoms. The minimum Gasteiger partial charge on any atom is -0.348 e. The van der Waals surface area contributed by atoms with Crippen molar-refractivity contribution >= 4 is 29.0 Å². The van der Waals surface area contributed by atoms with E-state index in [-0.39, 0.29) is 5.91 Å². The Bertz CT molecular complexity index is 429. The fourth-order valence-corrected chi connectivity index (χ4v) is 3.08. The predicted molar refractivity (Wildman–Crippen MR) is 75.1 cm³/mol. The summed E-state index contributed by atoms with van der Waals surface area (Å²) in [6, 6.07) is 2.00. The molecule has 0 saturated carbocycles. The van der Waals surface area contributed by atoms with Crippen molar-refractivity contribution in [3.05, 3.63) is 21.9 Å². The van der Waals surface area contributed by atoms with Gasteiger partial charge in [0, 0.05) is 30.3 Å². The summed E-state index contributed by atoms with van der Waals surface area (Å²) in [6.45, 7) is 0.377. The lowest BCUT2D eigenvalue weighted by molar-refractivity contribution is -0.125. The Kier molecular flexibility index (Phi) is 6.12. The van der Waals surface area contributed by atoms with Gasteiger partial charge < -0.3 is 10.6 Å². The van der Waals surface area contributed by atoms with Gasteiger partial charge in [0.25, 0.3) is 0 Å². The second-order valence-corrected chi connectivity index (χ2v) is 5.53. The van der Waals surface area contributed by atoms with E-state index in [2.05, 4.69) is 11.8 Å². The number of carbonyl (C=O) groups is 1. The molecule has 0 aromatic carbocycles. The minimum absolute atomic E-state index is 0.140. The Balaban J connectivity index is 2.47. The van der Waals surface area contributed by atoms with E-state index >= 15 is 0 Å². The first-order chi connectivity index (χ1) is 8.15. The Morgan fingerprint density at radius 3 is 3.00 bits per heavy atom. The van der Waals surface area contributed by atoms with E-state index in [0.717, 1.165) is 11.3 Å². The van der Waals surface area contributed by atoms with Crippen molar-refractivity contribution in [1.29, 1.82) is 0 Å². The van der Waals surface area contributed by atoms with Crippen LogP contribution in [0.15, 0.2) is 11.4 Å². The smallest absolute Gasteiger partial charge is 0.232 e. The van der Waals surface area contributed by atoms with Gasteiger partial charge in [-0.25, -0.2) is 0 Å². The number of amides is 1. The standard InChI is InChI=1S/C12H16N2OS2/c1-14(2)12(15)9-16-8-11-10(4-3-6-13)5-7-17-11/h5,7H,6,8-9,13H2,1-2H3. The summed E-state index contributed by atoms with van der Waals surface area (Å²) in [5.41, 5.74) is 6.38. The molecule has 17 heavy (non-hydrogen) atoms. The molecule has 0 spiro atoms.